The van der Waals surface area contributed by atoms with Crippen LogP contribution in [0.2, 0.25) is 0 Å². The minimum atomic E-state index is -0.375. The van der Waals surface area contributed by atoms with E-state index in [0.29, 0.717) is 29.4 Å². The van der Waals surface area contributed by atoms with E-state index in [1.165, 1.54) is 7.11 Å². The van der Waals surface area contributed by atoms with Gasteiger partial charge in [0.05, 0.1) is 25.6 Å². The predicted octanol–water partition coefficient (Wildman–Crippen LogP) is 2.38. The first-order valence-corrected chi connectivity index (χ1v) is 9.54. The first kappa shape index (κ1) is 18.3. The maximum absolute atomic E-state index is 13.0. The van der Waals surface area contributed by atoms with Crippen molar-refractivity contribution in [3.8, 4) is 11.5 Å². The van der Waals surface area contributed by atoms with Crippen LogP contribution in [-0.4, -0.2) is 41.6 Å². The third-order valence-corrected chi connectivity index (χ3v) is 5.10. The Kier molecular flexibility index (Phi) is 4.93. The lowest BCUT2D eigenvalue weighted by atomic mass is 10.1. The number of ether oxygens (including phenoxy) is 2. The molecular formula is C20H24N4O4. The summed E-state index contributed by atoms with van der Waals surface area (Å²) in [6, 6.07) is 5.42. The number of methoxy groups -OCH3 is 2. The summed E-state index contributed by atoms with van der Waals surface area (Å²) in [5, 5.41) is 5.82. The number of imidazole rings is 1. The van der Waals surface area contributed by atoms with Crippen LogP contribution < -0.4 is 20.1 Å². The Morgan fingerprint density at radius 1 is 1.14 bits per heavy atom. The number of hydrogen-bond acceptors (Lipinski definition) is 5. The van der Waals surface area contributed by atoms with E-state index in [2.05, 4.69) is 15.6 Å². The molecule has 0 bridgehead atoms. The van der Waals surface area contributed by atoms with E-state index in [-0.39, 0.29) is 23.7 Å². The van der Waals surface area contributed by atoms with Crippen molar-refractivity contribution in [3.05, 3.63) is 35.4 Å². The van der Waals surface area contributed by atoms with Gasteiger partial charge >= 0.3 is 0 Å². The van der Waals surface area contributed by atoms with E-state index in [0.717, 1.165) is 37.8 Å². The van der Waals surface area contributed by atoms with E-state index in [9.17, 15) is 9.59 Å². The quantitative estimate of drug-likeness (QED) is 0.797. The molecule has 8 nitrogen and oxygen atoms in total. The van der Waals surface area contributed by atoms with Gasteiger partial charge in [-0.1, -0.05) is 0 Å². The van der Waals surface area contributed by atoms with Gasteiger partial charge in [0.2, 0.25) is 0 Å². The topological polar surface area (TPSA) is 94.5 Å². The lowest BCUT2D eigenvalue weighted by Crippen LogP contribution is -2.27. The smallest absolute Gasteiger partial charge is 0.291 e. The molecule has 28 heavy (non-hydrogen) atoms. The average molecular weight is 384 g/mol. The van der Waals surface area contributed by atoms with E-state index >= 15 is 0 Å². The van der Waals surface area contributed by atoms with Gasteiger partial charge in [-0.15, -0.1) is 0 Å². The van der Waals surface area contributed by atoms with Gasteiger partial charge < -0.3 is 24.7 Å². The number of nitrogens with zero attached hydrogens (tertiary/aromatic N) is 2. The molecule has 0 unspecified atom stereocenters. The summed E-state index contributed by atoms with van der Waals surface area (Å²) < 4.78 is 12.4. The Hall–Kier alpha value is -3.03. The molecule has 148 valence electrons. The Morgan fingerprint density at radius 2 is 1.96 bits per heavy atom. The number of benzene rings is 1. The third kappa shape index (κ3) is 3.54. The number of hydrogen-bond donors (Lipinski definition) is 2. The molecule has 1 aromatic carbocycles. The summed E-state index contributed by atoms with van der Waals surface area (Å²) in [4.78, 5) is 30.0. The fourth-order valence-electron chi connectivity index (χ4n) is 3.47. The van der Waals surface area contributed by atoms with Crippen LogP contribution in [0.3, 0.4) is 0 Å². The zero-order valence-electron chi connectivity index (χ0n) is 16.1. The second kappa shape index (κ2) is 7.53. The first-order chi connectivity index (χ1) is 13.6. The van der Waals surface area contributed by atoms with Crippen molar-refractivity contribution >= 4 is 17.5 Å². The number of anilines is 1. The molecule has 1 fully saturated rings. The predicted molar refractivity (Wildman–Crippen MR) is 103 cm³/mol. The number of carbonyl (C=O) groups is 2. The zero-order valence-corrected chi connectivity index (χ0v) is 16.1. The molecule has 0 saturated heterocycles. The number of nitrogens with one attached hydrogen (secondary N) is 2. The highest BCUT2D eigenvalue weighted by Gasteiger charge is 2.31. The Bertz CT molecular complexity index is 917. The molecule has 2 aromatic rings. The van der Waals surface area contributed by atoms with Gasteiger partial charge in [0, 0.05) is 18.7 Å². The number of aromatic nitrogens is 2. The van der Waals surface area contributed by atoms with Gasteiger partial charge in [-0.3, -0.25) is 9.59 Å². The van der Waals surface area contributed by atoms with Crippen LogP contribution in [-0.2, 0) is 13.0 Å². The maximum Gasteiger partial charge on any atom is 0.291 e. The number of fused-ring (bicyclic) bond motifs is 1. The summed E-state index contributed by atoms with van der Waals surface area (Å²) in [5.74, 6) is 0.809. The number of rotatable bonds is 6. The second-order valence-corrected chi connectivity index (χ2v) is 7.11. The van der Waals surface area contributed by atoms with Crippen LogP contribution in [0.4, 0.5) is 5.69 Å². The van der Waals surface area contributed by atoms with E-state index in [4.69, 9.17) is 9.47 Å². The molecule has 2 aliphatic rings. The number of carbonyl (C=O) groups excluding carboxylic acids is 2. The molecule has 2 amide bonds. The largest absolute Gasteiger partial charge is 0.497 e. The summed E-state index contributed by atoms with van der Waals surface area (Å²) in [5.41, 5.74) is 1.70. The normalized spacial score (nSPS) is 15.5. The molecule has 2 N–H and O–H groups in total. The average Bonchev–Trinajstić information content (AvgIpc) is 3.44. The fourth-order valence-corrected chi connectivity index (χ4v) is 3.47. The fraction of sp³-hybridized carbons (Fsp3) is 0.450. The van der Waals surface area contributed by atoms with Crippen molar-refractivity contribution in [1.29, 1.82) is 0 Å². The summed E-state index contributed by atoms with van der Waals surface area (Å²) >= 11 is 0. The molecule has 0 radical (unpaired) electrons. The van der Waals surface area contributed by atoms with Crippen molar-refractivity contribution < 1.29 is 19.1 Å². The molecule has 8 heteroatoms. The standard InChI is InChI=1S/C20H24N4O4/c1-27-13-8-9-16(28-2)14(11-13)22-20(26)18-23-17(19(25)21-12-6-7-12)15-5-3-4-10-24(15)18/h8-9,11-12H,3-7,10H2,1-2H3,(H,21,25)(H,22,26). The highest BCUT2D eigenvalue weighted by Crippen LogP contribution is 2.30. The maximum atomic E-state index is 13.0. The van der Waals surface area contributed by atoms with Crippen molar-refractivity contribution in [1.82, 2.24) is 14.9 Å². The lowest BCUT2D eigenvalue weighted by molar-refractivity contribution is 0.0945. The molecule has 1 aromatic heterocycles. The molecule has 1 aliphatic heterocycles. The lowest BCUT2D eigenvalue weighted by Gasteiger charge is -2.17. The van der Waals surface area contributed by atoms with Gasteiger partial charge in [-0.05, 0) is 44.2 Å². The van der Waals surface area contributed by atoms with Crippen LogP contribution in [0.5, 0.6) is 11.5 Å². The Morgan fingerprint density at radius 3 is 2.68 bits per heavy atom. The highest BCUT2D eigenvalue weighted by atomic mass is 16.5. The molecule has 1 aliphatic carbocycles. The van der Waals surface area contributed by atoms with Gasteiger partial charge in [0.25, 0.3) is 11.8 Å². The Labute approximate surface area is 163 Å². The van der Waals surface area contributed by atoms with Crippen LogP contribution in [0.15, 0.2) is 18.2 Å². The number of amides is 2. The summed E-state index contributed by atoms with van der Waals surface area (Å²) in [6.07, 6.45) is 4.70. The minimum Gasteiger partial charge on any atom is -0.497 e. The molecule has 4 rings (SSSR count). The molecule has 1 saturated carbocycles. The van der Waals surface area contributed by atoms with Crippen LogP contribution in [0.1, 0.15) is 52.5 Å². The first-order valence-electron chi connectivity index (χ1n) is 9.54. The highest BCUT2D eigenvalue weighted by molar-refractivity contribution is 6.04. The monoisotopic (exact) mass is 384 g/mol. The van der Waals surface area contributed by atoms with Gasteiger partial charge in [-0.25, -0.2) is 4.98 Å². The van der Waals surface area contributed by atoms with E-state index < -0.39 is 0 Å². The minimum absolute atomic E-state index is 0.189. The second-order valence-electron chi connectivity index (χ2n) is 7.11. The molecule has 0 spiro atoms. The summed E-state index contributed by atoms with van der Waals surface area (Å²) in [6.45, 7) is 0.678. The van der Waals surface area contributed by atoms with E-state index in [1.807, 2.05) is 4.57 Å². The SMILES string of the molecule is COc1ccc(OC)c(NC(=O)c2nc(C(=O)NC3CC3)c3n2CCCC3)c1. The molecule has 0 atom stereocenters. The van der Waals surface area contributed by atoms with Crippen LogP contribution >= 0.6 is 0 Å². The Balaban J connectivity index is 1.64. The van der Waals surface area contributed by atoms with Crippen LogP contribution in [0, 0.1) is 0 Å². The molecule has 2 heterocycles. The van der Waals surface area contributed by atoms with Gasteiger partial charge in [0.15, 0.2) is 5.82 Å². The van der Waals surface area contributed by atoms with Crippen molar-refractivity contribution in [2.24, 2.45) is 0 Å². The van der Waals surface area contributed by atoms with Gasteiger partial charge in [-0.2, -0.15) is 0 Å². The van der Waals surface area contributed by atoms with Gasteiger partial charge in [0.1, 0.15) is 17.2 Å². The zero-order chi connectivity index (χ0) is 19.7. The van der Waals surface area contributed by atoms with Crippen LogP contribution in [0.25, 0.3) is 0 Å². The summed E-state index contributed by atoms with van der Waals surface area (Å²) in [7, 11) is 3.10. The third-order valence-electron chi connectivity index (χ3n) is 5.10. The molecular weight excluding hydrogens is 360 g/mol. The van der Waals surface area contributed by atoms with Crippen molar-refractivity contribution in [3.63, 3.8) is 0 Å². The van der Waals surface area contributed by atoms with Crippen molar-refractivity contribution in [2.45, 2.75) is 44.7 Å². The van der Waals surface area contributed by atoms with E-state index in [1.54, 1.807) is 25.3 Å². The van der Waals surface area contributed by atoms with Crippen molar-refractivity contribution in [2.75, 3.05) is 19.5 Å².